The van der Waals surface area contributed by atoms with Crippen molar-refractivity contribution in [2.45, 2.75) is 30.0 Å². The lowest BCUT2D eigenvalue weighted by molar-refractivity contribution is -0.129. The summed E-state index contributed by atoms with van der Waals surface area (Å²) in [7, 11) is 0. The number of thiophene rings is 1. The maximum Gasteiger partial charge on any atom is 0.235 e. The molecule has 1 fully saturated rings. The van der Waals surface area contributed by atoms with Crippen LogP contribution < -0.4 is 0 Å². The lowest BCUT2D eigenvalue weighted by Crippen LogP contribution is -2.34. The fourth-order valence-corrected chi connectivity index (χ4v) is 5.13. The number of carbonyl (C=O) groups excluding carboxylic acids is 1. The third-order valence-electron chi connectivity index (χ3n) is 4.41. The zero-order valence-corrected chi connectivity index (χ0v) is 15.6. The topological polar surface area (TPSA) is 46.1 Å². The van der Waals surface area contributed by atoms with Crippen LogP contribution in [0.15, 0.2) is 47.8 Å². The molecular formula is C19H19N3OS2. The third-order valence-corrected chi connectivity index (χ3v) is 6.60. The number of fused-ring (bicyclic) bond motifs is 1. The molecule has 4 nitrogen and oxygen atoms in total. The molecule has 6 heteroatoms. The molecule has 3 aromatic rings. The van der Waals surface area contributed by atoms with Crippen LogP contribution in [0, 0.1) is 0 Å². The Morgan fingerprint density at radius 3 is 2.72 bits per heavy atom. The van der Waals surface area contributed by atoms with Gasteiger partial charge in [-0.25, -0.2) is 9.97 Å². The summed E-state index contributed by atoms with van der Waals surface area (Å²) in [6, 6.07) is 12.4. The Hall–Kier alpha value is -1.92. The van der Waals surface area contributed by atoms with Crippen LogP contribution in [-0.2, 0) is 4.79 Å². The minimum absolute atomic E-state index is 0.128. The molecule has 4 rings (SSSR count). The molecule has 1 amide bonds. The van der Waals surface area contributed by atoms with Gasteiger partial charge in [-0.3, -0.25) is 4.79 Å². The van der Waals surface area contributed by atoms with Gasteiger partial charge in [0.15, 0.2) is 0 Å². The Bertz CT molecular complexity index is 888. The normalized spacial score (nSPS) is 15.6. The number of hydrogen-bond acceptors (Lipinski definition) is 5. The SMILES string of the molecule is C[C@@H](Sc1ncnc2sc(-c3ccccc3)cc12)C(=O)N1CCCC1. The second-order valence-corrected chi connectivity index (χ2v) is 8.53. The van der Waals surface area contributed by atoms with Crippen molar-refractivity contribution >= 4 is 39.2 Å². The van der Waals surface area contributed by atoms with Crippen LogP contribution in [0.2, 0.25) is 0 Å². The van der Waals surface area contributed by atoms with E-state index < -0.39 is 0 Å². The molecule has 0 spiro atoms. The highest BCUT2D eigenvalue weighted by molar-refractivity contribution is 8.00. The van der Waals surface area contributed by atoms with E-state index in [2.05, 4.69) is 28.2 Å². The van der Waals surface area contributed by atoms with Gasteiger partial charge in [-0.1, -0.05) is 42.1 Å². The fourth-order valence-electron chi connectivity index (χ4n) is 3.08. The van der Waals surface area contributed by atoms with E-state index in [4.69, 9.17) is 0 Å². The van der Waals surface area contributed by atoms with Gasteiger partial charge >= 0.3 is 0 Å². The van der Waals surface area contributed by atoms with Crippen molar-refractivity contribution in [2.75, 3.05) is 13.1 Å². The van der Waals surface area contributed by atoms with Crippen LogP contribution in [0.25, 0.3) is 20.7 Å². The van der Waals surface area contributed by atoms with Crippen LogP contribution in [0.5, 0.6) is 0 Å². The number of rotatable bonds is 4. The summed E-state index contributed by atoms with van der Waals surface area (Å²) < 4.78 is 0. The monoisotopic (exact) mass is 369 g/mol. The van der Waals surface area contributed by atoms with E-state index in [0.717, 1.165) is 41.2 Å². The summed E-state index contributed by atoms with van der Waals surface area (Å²) >= 11 is 3.21. The maximum atomic E-state index is 12.6. The summed E-state index contributed by atoms with van der Waals surface area (Å²) in [6.45, 7) is 3.75. The van der Waals surface area contributed by atoms with Crippen LogP contribution >= 0.6 is 23.1 Å². The first-order valence-electron chi connectivity index (χ1n) is 8.48. The Labute approximate surface area is 155 Å². The first kappa shape index (κ1) is 16.5. The Kier molecular flexibility index (Phi) is 4.72. The standard InChI is InChI=1S/C19H19N3OS2/c1-13(19(23)22-9-5-6-10-22)24-17-15-11-16(14-7-3-2-4-8-14)25-18(15)21-12-20-17/h2-4,7-8,11-13H,5-6,9-10H2,1H3/t13-/m1/s1. The van der Waals surface area contributed by atoms with Gasteiger partial charge < -0.3 is 4.90 Å². The highest BCUT2D eigenvalue weighted by Gasteiger charge is 2.25. The maximum absolute atomic E-state index is 12.6. The number of carbonyl (C=O) groups is 1. The summed E-state index contributed by atoms with van der Waals surface area (Å²) in [6.07, 6.45) is 3.83. The first-order valence-corrected chi connectivity index (χ1v) is 10.2. The zero-order valence-electron chi connectivity index (χ0n) is 14.0. The number of nitrogens with zero attached hydrogens (tertiary/aromatic N) is 3. The van der Waals surface area contributed by atoms with Gasteiger partial charge in [0.1, 0.15) is 16.2 Å². The summed E-state index contributed by atoms with van der Waals surface area (Å²) in [5.74, 6) is 0.216. The number of thioether (sulfide) groups is 1. The van der Waals surface area contributed by atoms with Crippen molar-refractivity contribution in [1.82, 2.24) is 14.9 Å². The van der Waals surface area contributed by atoms with Gasteiger partial charge in [-0.05, 0) is 31.4 Å². The highest BCUT2D eigenvalue weighted by atomic mass is 32.2. The Balaban J connectivity index is 1.61. The average Bonchev–Trinajstić information content (AvgIpc) is 3.32. The summed E-state index contributed by atoms with van der Waals surface area (Å²) in [5.41, 5.74) is 1.18. The molecule has 1 aliphatic rings. The van der Waals surface area contributed by atoms with Gasteiger partial charge in [0.05, 0.1) is 5.25 Å². The van der Waals surface area contributed by atoms with Gasteiger partial charge in [-0.15, -0.1) is 11.3 Å². The Morgan fingerprint density at radius 1 is 1.20 bits per heavy atom. The number of likely N-dealkylation sites (tertiary alicyclic amines) is 1. The second kappa shape index (κ2) is 7.14. The van der Waals surface area contributed by atoms with Crippen molar-refractivity contribution in [2.24, 2.45) is 0 Å². The number of amides is 1. The predicted octanol–water partition coefficient (Wildman–Crippen LogP) is 4.46. The molecule has 0 N–H and O–H groups in total. The molecule has 25 heavy (non-hydrogen) atoms. The molecule has 0 saturated carbocycles. The summed E-state index contributed by atoms with van der Waals surface area (Å²) in [5, 5.41) is 1.80. The van der Waals surface area contributed by atoms with Gasteiger partial charge in [-0.2, -0.15) is 0 Å². The number of aromatic nitrogens is 2. The molecule has 1 aliphatic heterocycles. The smallest absolute Gasteiger partial charge is 0.235 e. The molecule has 0 radical (unpaired) electrons. The van der Waals surface area contributed by atoms with Gasteiger partial charge in [0.25, 0.3) is 0 Å². The molecule has 3 heterocycles. The third kappa shape index (κ3) is 3.41. The van der Waals surface area contributed by atoms with Crippen LogP contribution in [0.3, 0.4) is 0 Å². The zero-order chi connectivity index (χ0) is 17.2. The van der Waals surface area contributed by atoms with Crippen molar-refractivity contribution in [3.8, 4) is 10.4 Å². The lowest BCUT2D eigenvalue weighted by atomic mass is 10.2. The summed E-state index contributed by atoms with van der Waals surface area (Å²) in [4.78, 5) is 25.6. The quantitative estimate of drug-likeness (QED) is 0.503. The lowest BCUT2D eigenvalue weighted by Gasteiger charge is -2.19. The first-order chi connectivity index (χ1) is 12.2. The van der Waals surface area contributed by atoms with Crippen molar-refractivity contribution in [3.63, 3.8) is 0 Å². The Morgan fingerprint density at radius 2 is 1.96 bits per heavy atom. The molecule has 1 atom stereocenters. The van der Waals surface area contributed by atoms with Crippen molar-refractivity contribution < 1.29 is 4.79 Å². The molecule has 1 saturated heterocycles. The number of hydrogen-bond donors (Lipinski definition) is 0. The van der Waals surface area contributed by atoms with E-state index in [-0.39, 0.29) is 11.2 Å². The van der Waals surface area contributed by atoms with Crippen molar-refractivity contribution in [3.05, 3.63) is 42.7 Å². The largest absolute Gasteiger partial charge is 0.342 e. The average molecular weight is 370 g/mol. The minimum Gasteiger partial charge on any atom is -0.342 e. The van der Waals surface area contributed by atoms with E-state index in [1.165, 1.54) is 10.4 Å². The molecule has 1 aromatic carbocycles. The van der Waals surface area contributed by atoms with E-state index in [9.17, 15) is 4.79 Å². The van der Waals surface area contributed by atoms with E-state index >= 15 is 0 Å². The fraction of sp³-hybridized carbons (Fsp3) is 0.316. The molecule has 0 unspecified atom stereocenters. The number of benzene rings is 1. The van der Waals surface area contributed by atoms with Crippen LogP contribution in [0.4, 0.5) is 0 Å². The minimum atomic E-state index is -0.128. The van der Waals surface area contributed by atoms with Crippen LogP contribution in [-0.4, -0.2) is 39.1 Å². The van der Waals surface area contributed by atoms with Gasteiger partial charge in [0.2, 0.25) is 5.91 Å². The van der Waals surface area contributed by atoms with E-state index in [1.54, 1.807) is 29.4 Å². The molecule has 0 bridgehead atoms. The van der Waals surface area contributed by atoms with Crippen molar-refractivity contribution in [1.29, 1.82) is 0 Å². The highest BCUT2D eigenvalue weighted by Crippen LogP contribution is 2.37. The molecule has 0 aliphatic carbocycles. The van der Waals surface area contributed by atoms with E-state index in [0.29, 0.717) is 0 Å². The molecule has 128 valence electrons. The van der Waals surface area contributed by atoms with Gasteiger partial charge in [0, 0.05) is 23.4 Å². The molecule has 2 aromatic heterocycles. The van der Waals surface area contributed by atoms with E-state index in [1.807, 2.05) is 30.0 Å². The predicted molar refractivity (Wildman–Crippen MR) is 104 cm³/mol. The molecular weight excluding hydrogens is 350 g/mol. The van der Waals surface area contributed by atoms with Crippen LogP contribution in [0.1, 0.15) is 19.8 Å². The second-order valence-electron chi connectivity index (χ2n) is 6.17.